The summed E-state index contributed by atoms with van der Waals surface area (Å²) in [5.41, 5.74) is 4.01. The predicted octanol–water partition coefficient (Wildman–Crippen LogP) is 2.41. The van der Waals surface area contributed by atoms with Crippen LogP contribution < -0.4 is 5.73 Å². The first kappa shape index (κ1) is 11.6. The summed E-state index contributed by atoms with van der Waals surface area (Å²) in [5, 5.41) is 3.45. The highest BCUT2D eigenvalue weighted by molar-refractivity contribution is 5.62. The van der Waals surface area contributed by atoms with Crippen molar-refractivity contribution in [3.63, 3.8) is 0 Å². The van der Waals surface area contributed by atoms with Crippen molar-refractivity contribution in [1.29, 1.82) is 0 Å². The number of halogens is 3. The van der Waals surface area contributed by atoms with E-state index >= 15 is 0 Å². The van der Waals surface area contributed by atoms with Crippen LogP contribution in [0, 0.1) is 0 Å². The zero-order valence-electron chi connectivity index (χ0n) is 8.47. The van der Waals surface area contributed by atoms with Crippen LogP contribution in [0.25, 0.3) is 5.70 Å². The highest BCUT2D eigenvalue weighted by atomic mass is 19.4. The van der Waals surface area contributed by atoms with Crippen molar-refractivity contribution in [1.82, 2.24) is 9.78 Å². The second kappa shape index (κ2) is 3.60. The summed E-state index contributed by atoms with van der Waals surface area (Å²) in [4.78, 5) is 0. The molecule has 2 N–H and O–H groups in total. The van der Waals surface area contributed by atoms with Crippen LogP contribution in [0.3, 0.4) is 0 Å². The van der Waals surface area contributed by atoms with Gasteiger partial charge in [0.2, 0.25) is 0 Å². The molecule has 0 aliphatic rings. The van der Waals surface area contributed by atoms with Crippen LogP contribution in [0.4, 0.5) is 13.2 Å². The molecule has 3 nitrogen and oxygen atoms in total. The van der Waals surface area contributed by atoms with Crippen molar-refractivity contribution in [2.45, 2.75) is 26.1 Å². The SMILES string of the molecule is C=C(N)c1cn(C(C)C)nc1C(F)(F)F. The molecule has 0 aliphatic carbocycles. The van der Waals surface area contributed by atoms with Gasteiger partial charge < -0.3 is 5.73 Å². The van der Waals surface area contributed by atoms with E-state index in [1.807, 2.05) is 0 Å². The molecule has 0 saturated carbocycles. The summed E-state index contributed by atoms with van der Waals surface area (Å²) in [6.45, 7) is 6.76. The number of hydrogen-bond donors (Lipinski definition) is 1. The fourth-order valence-corrected chi connectivity index (χ4v) is 1.10. The van der Waals surface area contributed by atoms with Gasteiger partial charge in [0.1, 0.15) is 0 Å². The van der Waals surface area contributed by atoms with Gasteiger partial charge in [-0.3, -0.25) is 4.68 Å². The van der Waals surface area contributed by atoms with E-state index in [9.17, 15) is 13.2 Å². The molecule has 0 unspecified atom stereocenters. The Morgan fingerprint density at radius 2 is 2.07 bits per heavy atom. The van der Waals surface area contributed by atoms with Crippen molar-refractivity contribution in [3.8, 4) is 0 Å². The zero-order chi connectivity index (χ0) is 11.8. The van der Waals surface area contributed by atoms with Crippen LogP contribution in [-0.2, 0) is 6.18 Å². The third kappa shape index (κ3) is 2.31. The van der Waals surface area contributed by atoms with Gasteiger partial charge in [0.25, 0.3) is 0 Å². The molecular weight excluding hydrogens is 207 g/mol. The third-order valence-electron chi connectivity index (χ3n) is 1.88. The minimum absolute atomic E-state index is 0.130. The van der Waals surface area contributed by atoms with E-state index in [4.69, 9.17) is 5.73 Å². The van der Waals surface area contributed by atoms with Gasteiger partial charge in [-0.05, 0) is 13.8 Å². The first-order valence-corrected chi connectivity index (χ1v) is 4.34. The molecule has 1 heterocycles. The molecule has 0 aliphatic heterocycles. The van der Waals surface area contributed by atoms with Gasteiger partial charge in [-0.15, -0.1) is 0 Å². The molecular formula is C9H12F3N3. The third-order valence-corrected chi connectivity index (χ3v) is 1.88. The minimum atomic E-state index is -4.50. The predicted molar refractivity (Wildman–Crippen MR) is 50.8 cm³/mol. The summed E-state index contributed by atoms with van der Waals surface area (Å²) in [7, 11) is 0. The Morgan fingerprint density at radius 3 is 2.33 bits per heavy atom. The van der Waals surface area contributed by atoms with E-state index in [1.54, 1.807) is 13.8 Å². The van der Waals surface area contributed by atoms with Crippen LogP contribution in [0.2, 0.25) is 0 Å². The molecule has 0 saturated heterocycles. The highest BCUT2D eigenvalue weighted by Gasteiger charge is 2.37. The van der Waals surface area contributed by atoms with E-state index in [-0.39, 0.29) is 17.3 Å². The Morgan fingerprint density at radius 1 is 1.53 bits per heavy atom. The molecule has 0 atom stereocenters. The maximum atomic E-state index is 12.5. The van der Waals surface area contributed by atoms with Gasteiger partial charge in [0, 0.05) is 23.5 Å². The van der Waals surface area contributed by atoms with Crippen LogP contribution in [0.1, 0.15) is 31.1 Å². The fraction of sp³-hybridized carbons (Fsp3) is 0.444. The number of aromatic nitrogens is 2. The van der Waals surface area contributed by atoms with Gasteiger partial charge in [-0.2, -0.15) is 18.3 Å². The van der Waals surface area contributed by atoms with Crippen LogP contribution in [-0.4, -0.2) is 9.78 Å². The normalized spacial score (nSPS) is 12.1. The molecule has 6 heteroatoms. The molecule has 0 aromatic carbocycles. The quantitative estimate of drug-likeness (QED) is 0.830. The Kier molecular flexibility index (Phi) is 2.79. The molecule has 0 bridgehead atoms. The van der Waals surface area contributed by atoms with Crippen molar-refractivity contribution >= 4 is 5.70 Å². The Bertz CT molecular complexity index is 376. The number of alkyl halides is 3. The lowest BCUT2D eigenvalue weighted by atomic mass is 10.2. The van der Waals surface area contributed by atoms with Gasteiger partial charge in [-0.25, -0.2) is 0 Å². The van der Waals surface area contributed by atoms with Crippen LogP contribution >= 0.6 is 0 Å². The number of nitrogens with two attached hydrogens (primary N) is 1. The maximum absolute atomic E-state index is 12.5. The summed E-state index contributed by atoms with van der Waals surface area (Å²) in [5.74, 6) is 0. The summed E-state index contributed by atoms with van der Waals surface area (Å²) in [6.07, 6.45) is -3.24. The first-order valence-electron chi connectivity index (χ1n) is 4.34. The Labute approximate surface area is 85.4 Å². The van der Waals surface area contributed by atoms with Gasteiger partial charge in [-0.1, -0.05) is 6.58 Å². The Balaban J connectivity index is 3.30. The van der Waals surface area contributed by atoms with E-state index in [0.29, 0.717) is 0 Å². The first-order chi connectivity index (χ1) is 6.73. The second-order valence-electron chi connectivity index (χ2n) is 3.49. The molecule has 15 heavy (non-hydrogen) atoms. The Hall–Kier alpha value is -1.46. The van der Waals surface area contributed by atoms with E-state index in [1.165, 1.54) is 10.9 Å². The van der Waals surface area contributed by atoms with Crippen molar-refractivity contribution in [2.75, 3.05) is 0 Å². The highest BCUT2D eigenvalue weighted by Crippen LogP contribution is 2.32. The lowest BCUT2D eigenvalue weighted by Crippen LogP contribution is -2.11. The molecule has 1 aromatic heterocycles. The van der Waals surface area contributed by atoms with E-state index < -0.39 is 11.9 Å². The molecule has 1 rings (SSSR count). The van der Waals surface area contributed by atoms with Crippen LogP contribution in [0.5, 0.6) is 0 Å². The largest absolute Gasteiger partial charge is 0.435 e. The lowest BCUT2D eigenvalue weighted by Gasteiger charge is -2.05. The fourth-order valence-electron chi connectivity index (χ4n) is 1.10. The molecule has 0 spiro atoms. The smallest absolute Gasteiger partial charge is 0.399 e. The second-order valence-corrected chi connectivity index (χ2v) is 3.49. The van der Waals surface area contributed by atoms with Crippen LogP contribution in [0.15, 0.2) is 12.8 Å². The van der Waals surface area contributed by atoms with Gasteiger partial charge in [0.05, 0.1) is 0 Å². The standard InChI is InChI=1S/C9H12F3N3/c1-5(2)15-4-7(6(3)13)8(14-15)9(10,11)12/h4-5H,3,13H2,1-2H3. The minimum Gasteiger partial charge on any atom is -0.399 e. The van der Waals surface area contributed by atoms with Crippen molar-refractivity contribution in [3.05, 3.63) is 24.0 Å². The molecule has 0 amide bonds. The van der Waals surface area contributed by atoms with Gasteiger partial charge >= 0.3 is 6.18 Å². The molecule has 84 valence electrons. The lowest BCUT2D eigenvalue weighted by molar-refractivity contribution is -0.141. The van der Waals surface area contributed by atoms with E-state index in [2.05, 4.69) is 11.7 Å². The van der Waals surface area contributed by atoms with Crippen molar-refractivity contribution in [2.24, 2.45) is 5.73 Å². The van der Waals surface area contributed by atoms with Crippen molar-refractivity contribution < 1.29 is 13.2 Å². The maximum Gasteiger partial charge on any atom is 0.435 e. The average Bonchev–Trinajstić information content (AvgIpc) is 2.45. The number of rotatable bonds is 2. The zero-order valence-corrected chi connectivity index (χ0v) is 8.47. The average molecular weight is 219 g/mol. The molecule has 1 aromatic rings. The molecule has 0 fully saturated rings. The van der Waals surface area contributed by atoms with Gasteiger partial charge in [0.15, 0.2) is 5.69 Å². The molecule has 0 radical (unpaired) electrons. The monoisotopic (exact) mass is 219 g/mol. The number of nitrogens with zero attached hydrogens (tertiary/aromatic N) is 2. The summed E-state index contributed by atoms with van der Waals surface area (Å²) < 4.78 is 38.8. The summed E-state index contributed by atoms with van der Waals surface area (Å²) in [6, 6.07) is -0.154. The topological polar surface area (TPSA) is 43.8 Å². The van der Waals surface area contributed by atoms with E-state index in [0.717, 1.165) is 0 Å². The number of hydrogen-bond acceptors (Lipinski definition) is 2. The summed E-state index contributed by atoms with van der Waals surface area (Å²) >= 11 is 0.